The van der Waals surface area contributed by atoms with E-state index < -0.39 is 0 Å². The summed E-state index contributed by atoms with van der Waals surface area (Å²) in [5.41, 5.74) is 0. The minimum atomic E-state index is -0.184. The second-order valence-corrected chi connectivity index (χ2v) is 5.64. The van der Waals surface area contributed by atoms with Crippen LogP contribution in [0.3, 0.4) is 0 Å². The number of nitrogens with one attached hydrogen (secondary N) is 1. The Bertz CT molecular complexity index is 460. The van der Waals surface area contributed by atoms with Gasteiger partial charge in [-0.1, -0.05) is 32.0 Å². The molecule has 0 aliphatic carbocycles. The first-order valence-corrected chi connectivity index (χ1v) is 7.69. The SMILES string of the molecule is CC(=O)N(CCNC(=O)COc1ccccc1)CCC(C)C. The van der Waals surface area contributed by atoms with Crippen molar-refractivity contribution in [1.82, 2.24) is 10.2 Å². The van der Waals surface area contributed by atoms with E-state index in [9.17, 15) is 9.59 Å². The Kier molecular flexibility index (Phi) is 8.04. The van der Waals surface area contributed by atoms with Gasteiger partial charge in [0.25, 0.3) is 5.91 Å². The Balaban J connectivity index is 2.23. The average Bonchev–Trinajstić information content (AvgIpc) is 2.49. The maximum atomic E-state index is 11.7. The molecule has 0 atom stereocenters. The third-order valence-electron chi connectivity index (χ3n) is 3.24. The van der Waals surface area contributed by atoms with Gasteiger partial charge in [-0.2, -0.15) is 0 Å². The molecule has 1 aromatic carbocycles. The van der Waals surface area contributed by atoms with Gasteiger partial charge in [-0.05, 0) is 24.5 Å². The van der Waals surface area contributed by atoms with E-state index in [1.54, 1.807) is 24.0 Å². The van der Waals surface area contributed by atoms with Crippen molar-refractivity contribution in [1.29, 1.82) is 0 Å². The molecule has 0 spiro atoms. The van der Waals surface area contributed by atoms with E-state index in [4.69, 9.17) is 4.74 Å². The van der Waals surface area contributed by atoms with Gasteiger partial charge in [0.05, 0.1) is 0 Å². The van der Waals surface area contributed by atoms with Crippen LogP contribution in [0.1, 0.15) is 27.2 Å². The van der Waals surface area contributed by atoms with Gasteiger partial charge in [-0.25, -0.2) is 0 Å². The number of hydrogen-bond donors (Lipinski definition) is 1. The molecule has 1 aromatic rings. The molecule has 1 rings (SSSR count). The van der Waals surface area contributed by atoms with Crippen LogP contribution < -0.4 is 10.1 Å². The number of ether oxygens (including phenoxy) is 1. The second kappa shape index (κ2) is 9.82. The van der Waals surface area contributed by atoms with Crippen LogP contribution in [0.2, 0.25) is 0 Å². The molecule has 0 unspecified atom stereocenters. The zero-order valence-electron chi connectivity index (χ0n) is 13.7. The van der Waals surface area contributed by atoms with Crippen LogP contribution in [0.15, 0.2) is 30.3 Å². The molecule has 0 saturated carbocycles. The largest absolute Gasteiger partial charge is 0.484 e. The van der Waals surface area contributed by atoms with Crippen LogP contribution in [-0.4, -0.2) is 43.0 Å². The zero-order valence-corrected chi connectivity index (χ0v) is 13.7. The number of hydrogen-bond acceptors (Lipinski definition) is 3. The first-order chi connectivity index (χ1) is 10.5. The lowest BCUT2D eigenvalue weighted by atomic mass is 10.1. The Morgan fingerprint density at radius 2 is 1.86 bits per heavy atom. The molecule has 1 N–H and O–H groups in total. The van der Waals surface area contributed by atoms with E-state index in [1.165, 1.54) is 0 Å². The van der Waals surface area contributed by atoms with Crippen molar-refractivity contribution in [2.24, 2.45) is 5.92 Å². The normalized spacial score (nSPS) is 10.4. The quantitative estimate of drug-likeness (QED) is 0.760. The molecule has 5 nitrogen and oxygen atoms in total. The number of carbonyl (C=O) groups excluding carboxylic acids is 2. The average molecular weight is 306 g/mol. The summed E-state index contributed by atoms with van der Waals surface area (Å²) in [5.74, 6) is 1.07. The predicted octanol–water partition coefficient (Wildman–Crippen LogP) is 2.08. The van der Waals surface area contributed by atoms with Gasteiger partial charge in [-0.15, -0.1) is 0 Å². The van der Waals surface area contributed by atoms with Crippen molar-refractivity contribution in [3.63, 3.8) is 0 Å². The highest BCUT2D eigenvalue weighted by molar-refractivity contribution is 5.77. The maximum Gasteiger partial charge on any atom is 0.258 e. The van der Waals surface area contributed by atoms with E-state index in [2.05, 4.69) is 19.2 Å². The summed E-state index contributed by atoms with van der Waals surface area (Å²) < 4.78 is 5.36. The van der Waals surface area contributed by atoms with Crippen LogP contribution in [0.4, 0.5) is 0 Å². The van der Waals surface area contributed by atoms with E-state index in [1.807, 2.05) is 18.2 Å². The summed E-state index contributed by atoms with van der Waals surface area (Å²) >= 11 is 0. The number of nitrogens with zero attached hydrogens (tertiary/aromatic N) is 1. The molecule has 0 heterocycles. The van der Waals surface area contributed by atoms with Gasteiger partial charge in [0.2, 0.25) is 5.91 Å². The van der Waals surface area contributed by atoms with Gasteiger partial charge in [0.1, 0.15) is 5.75 Å². The Morgan fingerprint density at radius 3 is 2.45 bits per heavy atom. The highest BCUT2D eigenvalue weighted by Crippen LogP contribution is 2.07. The molecule has 122 valence electrons. The molecule has 0 radical (unpaired) electrons. The van der Waals surface area contributed by atoms with Gasteiger partial charge in [-0.3, -0.25) is 9.59 Å². The van der Waals surface area contributed by atoms with Crippen LogP contribution >= 0.6 is 0 Å². The lowest BCUT2D eigenvalue weighted by Crippen LogP contribution is -2.39. The van der Waals surface area contributed by atoms with Gasteiger partial charge >= 0.3 is 0 Å². The summed E-state index contributed by atoms with van der Waals surface area (Å²) in [6.07, 6.45) is 0.963. The Labute approximate surface area is 132 Å². The van der Waals surface area contributed by atoms with Crippen molar-refractivity contribution in [3.05, 3.63) is 30.3 Å². The zero-order chi connectivity index (χ0) is 16.4. The fourth-order valence-corrected chi connectivity index (χ4v) is 1.89. The lowest BCUT2D eigenvalue weighted by molar-refractivity contribution is -0.129. The molecule has 0 bridgehead atoms. The number of amides is 2. The topological polar surface area (TPSA) is 58.6 Å². The summed E-state index contributed by atoms with van der Waals surface area (Å²) in [6, 6.07) is 9.20. The van der Waals surface area contributed by atoms with E-state index in [-0.39, 0.29) is 18.4 Å². The maximum absolute atomic E-state index is 11.7. The van der Waals surface area contributed by atoms with E-state index in [0.717, 1.165) is 13.0 Å². The van der Waals surface area contributed by atoms with Gasteiger partial charge in [0.15, 0.2) is 6.61 Å². The number of para-hydroxylation sites is 1. The third-order valence-corrected chi connectivity index (χ3v) is 3.24. The Morgan fingerprint density at radius 1 is 1.18 bits per heavy atom. The molecule has 0 aliphatic rings. The summed E-state index contributed by atoms with van der Waals surface area (Å²) in [7, 11) is 0. The number of benzene rings is 1. The monoisotopic (exact) mass is 306 g/mol. The molecule has 0 saturated heterocycles. The molecule has 0 aliphatic heterocycles. The van der Waals surface area contributed by atoms with E-state index in [0.29, 0.717) is 24.8 Å². The third kappa shape index (κ3) is 7.67. The predicted molar refractivity (Wildman–Crippen MR) is 86.7 cm³/mol. The van der Waals surface area contributed by atoms with Crippen molar-refractivity contribution in [2.45, 2.75) is 27.2 Å². The van der Waals surface area contributed by atoms with Gasteiger partial charge in [0, 0.05) is 26.6 Å². The molecule has 5 heteroatoms. The van der Waals surface area contributed by atoms with E-state index >= 15 is 0 Å². The number of rotatable bonds is 9. The van der Waals surface area contributed by atoms with Gasteiger partial charge < -0.3 is 15.0 Å². The molecular formula is C17H26N2O3. The van der Waals surface area contributed by atoms with Crippen LogP contribution in [0.5, 0.6) is 5.75 Å². The molecule has 0 fully saturated rings. The minimum absolute atomic E-state index is 0.0178. The van der Waals surface area contributed by atoms with Crippen LogP contribution in [0, 0.1) is 5.92 Å². The molecule has 22 heavy (non-hydrogen) atoms. The molecule has 2 amide bonds. The fourth-order valence-electron chi connectivity index (χ4n) is 1.89. The summed E-state index contributed by atoms with van der Waals surface area (Å²) in [6.45, 7) is 7.48. The smallest absolute Gasteiger partial charge is 0.258 e. The van der Waals surface area contributed by atoms with Crippen molar-refractivity contribution in [3.8, 4) is 5.75 Å². The van der Waals surface area contributed by atoms with Crippen LogP contribution in [0.25, 0.3) is 0 Å². The fraction of sp³-hybridized carbons (Fsp3) is 0.529. The molecule has 0 aromatic heterocycles. The number of carbonyl (C=O) groups is 2. The first-order valence-electron chi connectivity index (χ1n) is 7.69. The Hall–Kier alpha value is -2.04. The molecular weight excluding hydrogens is 280 g/mol. The van der Waals surface area contributed by atoms with Crippen molar-refractivity contribution >= 4 is 11.8 Å². The standard InChI is InChI=1S/C17H26N2O3/c1-14(2)9-11-19(15(3)20)12-10-18-17(21)13-22-16-7-5-4-6-8-16/h4-8,14H,9-13H2,1-3H3,(H,18,21). The summed E-state index contributed by atoms with van der Waals surface area (Å²) in [4.78, 5) is 25.0. The minimum Gasteiger partial charge on any atom is -0.484 e. The lowest BCUT2D eigenvalue weighted by Gasteiger charge is -2.22. The van der Waals surface area contributed by atoms with Crippen molar-refractivity contribution < 1.29 is 14.3 Å². The highest BCUT2D eigenvalue weighted by atomic mass is 16.5. The van der Waals surface area contributed by atoms with Crippen molar-refractivity contribution in [2.75, 3.05) is 26.2 Å². The highest BCUT2D eigenvalue weighted by Gasteiger charge is 2.10. The summed E-state index contributed by atoms with van der Waals surface area (Å²) in [5, 5.41) is 2.77. The second-order valence-electron chi connectivity index (χ2n) is 5.64. The van der Waals surface area contributed by atoms with Crippen LogP contribution in [-0.2, 0) is 9.59 Å². The first kappa shape index (κ1) is 18.0.